The van der Waals surface area contributed by atoms with E-state index in [1.807, 2.05) is 43.3 Å². The van der Waals surface area contributed by atoms with Gasteiger partial charge in [-0.25, -0.2) is 9.48 Å². The molecule has 2 fully saturated rings. The fourth-order valence-electron chi connectivity index (χ4n) is 3.86. The molecule has 8 nitrogen and oxygen atoms in total. The number of para-hydroxylation sites is 1. The van der Waals surface area contributed by atoms with Gasteiger partial charge in [0.25, 0.3) is 0 Å². The molecule has 0 unspecified atom stereocenters. The molecule has 2 aliphatic carbocycles. The fraction of sp³-hybridized carbons (Fsp3) is 0.476. The Hall–Kier alpha value is -2.87. The summed E-state index contributed by atoms with van der Waals surface area (Å²) in [4.78, 5) is 25.5. The number of hydrogen-bond acceptors (Lipinski definition) is 4. The summed E-state index contributed by atoms with van der Waals surface area (Å²) in [5.74, 6) is 0.359. The van der Waals surface area contributed by atoms with Crippen molar-refractivity contribution in [3.05, 3.63) is 42.1 Å². The average Bonchev–Trinajstić information content (AvgIpc) is 3.38. The smallest absolute Gasteiger partial charge is 0.320 e. The van der Waals surface area contributed by atoms with Crippen molar-refractivity contribution in [3.63, 3.8) is 0 Å². The summed E-state index contributed by atoms with van der Waals surface area (Å²) >= 11 is 0. The first kappa shape index (κ1) is 19.4. The standard InChI is InChI=1S/C21H27N5O3/c1-14-9-19(24-26(14)17-5-3-2-4-6-17)23-21(29)22-16-10-18(11-16)25(13-20(27)28)12-15-7-8-15/h2-6,9,15-16,18H,7-8,10-13H2,1H3,(H,27,28)(H2,22,23,24,29). The predicted molar refractivity (Wildman–Crippen MR) is 109 cm³/mol. The number of carbonyl (C=O) groups excluding carboxylic acids is 1. The third-order valence-electron chi connectivity index (χ3n) is 5.62. The Morgan fingerprint density at radius 2 is 1.97 bits per heavy atom. The van der Waals surface area contributed by atoms with Crippen LogP contribution >= 0.6 is 0 Å². The number of carbonyl (C=O) groups is 2. The molecule has 0 aliphatic heterocycles. The minimum absolute atomic E-state index is 0.0628. The molecule has 1 aromatic heterocycles. The Kier molecular flexibility index (Phi) is 5.53. The maximum atomic E-state index is 12.3. The number of anilines is 1. The molecular weight excluding hydrogens is 370 g/mol. The number of carboxylic acids is 1. The van der Waals surface area contributed by atoms with E-state index in [4.69, 9.17) is 5.11 Å². The Balaban J connectivity index is 1.27. The minimum Gasteiger partial charge on any atom is -0.480 e. The van der Waals surface area contributed by atoms with Crippen LogP contribution < -0.4 is 10.6 Å². The molecule has 2 aliphatic rings. The van der Waals surface area contributed by atoms with Crippen LogP contribution in [0.25, 0.3) is 5.69 Å². The molecule has 0 atom stereocenters. The van der Waals surface area contributed by atoms with Crippen molar-refractivity contribution < 1.29 is 14.7 Å². The van der Waals surface area contributed by atoms with Gasteiger partial charge in [0.05, 0.1) is 12.2 Å². The maximum absolute atomic E-state index is 12.3. The van der Waals surface area contributed by atoms with Crippen molar-refractivity contribution in [1.29, 1.82) is 0 Å². The minimum atomic E-state index is -0.788. The van der Waals surface area contributed by atoms with E-state index >= 15 is 0 Å². The van der Waals surface area contributed by atoms with Crippen LogP contribution in [0.15, 0.2) is 36.4 Å². The number of nitrogens with one attached hydrogen (secondary N) is 2. The summed E-state index contributed by atoms with van der Waals surface area (Å²) < 4.78 is 1.79. The number of aliphatic carboxylic acids is 1. The zero-order valence-electron chi connectivity index (χ0n) is 16.5. The van der Waals surface area contributed by atoms with E-state index in [9.17, 15) is 9.59 Å². The molecule has 8 heteroatoms. The fourth-order valence-corrected chi connectivity index (χ4v) is 3.86. The molecule has 0 bridgehead atoms. The number of amides is 2. The normalized spacial score (nSPS) is 20.9. The van der Waals surface area contributed by atoms with Gasteiger partial charge in [-0.15, -0.1) is 5.10 Å². The largest absolute Gasteiger partial charge is 0.480 e. The number of urea groups is 1. The average molecular weight is 397 g/mol. The quantitative estimate of drug-likeness (QED) is 0.636. The van der Waals surface area contributed by atoms with E-state index < -0.39 is 5.97 Å². The lowest BCUT2D eigenvalue weighted by Crippen LogP contribution is -2.55. The van der Waals surface area contributed by atoms with Crippen LogP contribution in [0.5, 0.6) is 0 Å². The van der Waals surface area contributed by atoms with Gasteiger partial charge in [-0.1, -0.05) is 18.2 Å². The first-order valence-electron chi connectivity index (χ1n) is 10.1. The van der Waals surface area contributed by atoms with Gasteiger partial charge in [-0.2, -0.15) is 0 Å². The van der Waals surface area contributed by atoms with Crippen LogP contribution in [0.1, 0.15) is 31.4 Å². The first-order chi connectivity index (χ1) is 14.0. The molecule has 4 rings (SSSR count). The summed E-state index contributed by atoms with van der Waals surface area (Å²) in [5.41, 5.74) is 1.87. The Morgan fingerprint density at radius 1 is 1.24 bits per heavy atom. The molecule has 29 heavy (non-hydrogen) atoms. The van der Waals surface area contributed by atoms with Crippen LogP contribution in [-0.2, 0) is 4.79 Å². The van der Waals surface area contributed by atoms with Crippen LogP contribution in [0.2, 0.25) is 0 Å². The number of nitrogens with zero attached hydrogens (tertiary/aromatic N) is 3. The van der Waals surface area contributed by atoms with Crippen LogP contribution in [0, 0.1) is 12.8 Å². The maximum Gasteiger partial charge on any atom is 0.320 e. The highest BCUT2D eigenvalue weighted by Crippen LogP contribution is 2.33. The highest BCUT2D eigenvalue weighted by Gasteiger charge is 2.37. The van der Waals surface area contributed by atoms with Gasteiger partial charge in [0.15, 0.2) is 5.82 Å². The number of hydrogen-bond donors (Lipinski definition) is 3. The SMILES string of the molecule is Cc1cc(NC(=O)NC2CC(N(CC(=O)O)CC3CC3)C2)nn1-c1ccccc1. The van der Waals surface area contributed by atoms with E-state index in [-0.39, 0.29) is 24.7 Å². The summed E-state index contributed by atoms with van der Waals surface area (Å²) in [6.07, 6.45) is 3.96. The van der Waals surface area contributed by atoms with E-state index in [0.29, 0.717) is 11.7 Å². The molecular formula is C21H27N5O3. The first-order valence-corrected chi connectivity index (χ1v) is 10.1. The van der Waals surface area contributed by atoms with Crippen molar-refractivity contribution in [3.8, 4) is 5.69 Å². The third-order valence-corrected chi connectivity index (χ3v) is 5.62. The van der Waals surface area contributed by atoms with Gasteiger partial charge < -0.3 is 10.4 Å². The molecule has 2 aromatic rings. The second-order valence-electron chi connectivity index (χ2n) is 8.11. The lowest BCUT2D eigenvalue weighted by Gasteiger charge is -2.42. The molecule has 1 heterocycles. The molecule has 0 radical (unpaired) electrons. The molecule has 154 valence electrons. The third kappa shape index (κ3) is 4.95. The second-order valence-corrected chi connectivity index (χ2v) is 8.11. The highest BCUT2D eigenvalue weighted by molar-refractivity contribution is 5.88. The van der Waals surface area contributed by atoms with E-state index in [1.165, 1.54) is 12.8 Å². The predicted octanol–water partition coefficient (Wildman–Crippen LogP) is 2.63. The van der Waals surface area contributed by atoms with Crippen LogP contribution in [0.3, 0.4) is 0 Å². The van der Waals surface area contributed by atoms with Gasteiger partial charge in [0.2, 0.25) is 0 Å². The molecule has 1 aromatic carbocycles. The van der Waals surface area contributed by atoms with Crippen LogP contribution in [0.4, 0.5) is 10.6 Å². The summed E-state index contributed by atoms with van der Waals surface area (Å²) in [6, 6.07) is 11.6. The van der Waals surface area contributed by atoms with Crippen molar-refractivity contribution in [1.82, 2.24) is 20.0 Å². The van der Waals surface area contributed by atoms with Gasteiger partial charge in [0.1, 0.15) is 0 Å². The summed E-state index contributed by atoms with van der Waals surface area (Å²) in [6.45, 7) is 2.87. The second kappa shape index (κ2) is 8.24. The number of aromatic nitrogens is 2. The number of rotatable bonds is 8. The van der Waals surface area contributed by atoms with Gasteiger partial charge in [0, 0.05) is 30.4 Å². The van der Waals surface area contributed by atoms with Gasteiger partial charge >= 0.3 is 12.0 Å². The monoisotopic (exact) mass is 397 g/mol. The number of aryl methyl sites for hydroxylation is 1. The Labute approximate surface area is 169 Å². The highest BCUT2D eigenvalue weighted by atomic mass is 16.4. The van der Waals surface area contributed by atoms with E-state index in [2.05, 4.69) is 20.6 Å². The van der Waals surface area contributed by atoms with Crippen molar-refractivity contribution >= 4 is 17.8 Å². The van der Waals surface area contributed by atoms with Gasteiger partial charge in [-0.3, -0.25) is 15.0 Å². The van der Waals surface area contributed by atoms with Crippen molar-refractivity contribution in [2.24, 2.45) is 5.92 Å². The molecule has 2 saturated carbocycles. The van der Waals surface area contributed by atoms with Crippen molar-refractivity contribution in [2.75, 3.05) is 18.4 Å². The number of benzene rings is 1. The molecule has 3 N–H and O–H groups in total. The van der Waals surface area contributed by atoms with E-state index in [0.717, 1.165) is 30.8 Å². The zero-order valence-corrected chi connectivity index (χ0v) is 16.5. The Bertz CT molecular complexity index is 872. The van der Waals surface area contributed by atoms with Crippen molar-refractivity contribution in [2.45, 2.75) is 44.7 Å². The lowest BCUT2D eigenvalue weighted by atomic mass is 9.85. The lowest BCUT2D eigenvalue weighted by molar-refractivity contribution is -0.139. The molecule has 2 amide bonds. The Morgan fingerprint density at radius 3 is 2.62 bits per heavy atom. The van der Waals surface area contributed by atoms with Gasteiger partial charge in [-0.05, 0) is 50.7 Å². The molecule has 0 spiro atoms. The summed E-state index contributed by atoms with van der Waals surface area (Å²) in [5, 5.41) is 19.4. The summed E-state index contributed by atoms with van der Waals surface area (Å²) in [7, 11) is 0. The van der Waals surface area contributed by atoms with Crippen LogP contribution in [-0.4, -0.2) is 57.0 Å². The molecule has 0 saturated heterocycles. The zero-order chi connectivity index (χ0) is 20.4. The topological polar surface area (TPSA) is 99.5 Å². The number of carboxylic acid groups (broad SMARTS) is 1. The van der Waals surface area contributed by atoms with E-state index in [1.54, 1.807) is 4.68 Å².